The first-order valence-electron chi connectivity index (χ1n) is 4.86. The summed E-state index contributed by atoms with van der Waals surface area (Å²) in [6.07, 6.45) is 0. The first kappa shape index (κ1) is 13.0. The average molecular weight is 290 g/mol. The summed E-state index contributed by atoms with van der Waals surface area (Å²) in [6, 6.07) is 3.67. The number of hydrogen-bond donors (Lipinski definition) is 2. The van der Waals surface area contributed by atoms with Crippen LogP contribution in [0, 0.1) is 11.7 Å². The Kier molecular flexibility index (Phi) is 4.29. The third-order valence-electron chi connectivity index (χ3n) is 2.17. The maximum atomic E-state index is 13.5. The van der Waals surface area contributed by atoms with E-state index in [1.807, 2.05) is 0 Å². The number of aliphatic carboxylic acids is 1. The fraction of sp³-hybridized carbons (Fsp3) is 0.364. The Bertz CT molecular complexity index is 396. The highest BCUT2D eigenvalue weighted by molar-refractivity contribution is 9.10. The van der Waals surface area contributed by atoms with Gasteiger partial charge < -0.3 is 10.4 Å². The predicted octanol–water partition coefficient (Wildman–Crippen LogP) is 3.11. The highest BCUT2D eigenvalue weighted by atomic mass is 79.9. The number of benzene rings is 1. The van der Waals surface area contributed by atoms with Crippen molar-refractivity contribution in [2.45, 2.75) is 19.9 Å². The number of anilines is 1. The van der Waals surface area contributed by atoms with E-state index in [1.165, 1.54) is 12.1 Å². The first-order chi connectivity index (χ1) is 7.41. The molecule has 1 aromatic carbocycles. The van der Waals surface area contributed by atoms with E-state index in [4.69, 9.17) is 5.11 Å². The molecule has 0 radical (unpaired) electrons. The van der Waals surface area contributed by atoms with Gasteiger partial charge in [0.05, 0.1) is 5.69 Å². The fourth-order valence-corrected chi connectivity index (χ4v) is 1.62. The van der Waals surface area contributed by atoms with Crippen LogP contribution in [0.5, 0.6) is 0 Å². The van der Waals surface area contributed by atoms with Gasteiger partial charge in [0.2, 0.25) is 0 Å². The summed E-state index contributed by atoms with van der Waals surface area (Å²) in [5, 5.41) is 11.6. The normalized spacial score (nSPS) is 12.6. The number of carboxylic acid groups (broad SMARTS) is 1. The Morgan fingerprint density at radius 3 is 2.56 bits per heavy atom. The molecule has 3 nitrogen and oxygen atoms in total. The Morgan fingerprint density at radius 1 is 1.50 bits per heavy atom. The van der Waals surface area contributed by atoms with E-state index >= 15 is 0 Å². The molecule has 0 saturated carbocycles. The second kappa shape index (κ2) is 5.30. The molecule has 0 spiro atoms. The molecule has 0 bridgehead atoms. The zero-order chi connectivity index (χ0) is 12.3. The quantitative estimate of drug-likeness (QED) is 0.895. The van der Waals surface area contributed by atoms with E-state index in [2.05, 4.69) is 21.2 Å². The molecule has 88 valence electrons. The molecule has 0 heterocycles. The highest BCUT2D eigenvalue weighted by Gasteiger charge is 2.22. The van der Waals surface area contributed by atoms with Crippen LogP contribution in [0.15, 0.2) is 22.7 Å². The Morgan fingerprint density at radius 2 is 2.12 bits per heavy atom. The summed E-state index contributed by atoms with van der Waals surface area (Å²) >= 11 is 3.14. The van der Waals surface area contributed by atoms with Gasteiger partial charge in [0, 0.05) is 4.47 Å². The average Bonchev–Trinajstić information content (AvgIpc) is 2.15. The van der Waals surface area contributed by atoms with Crippen molar-refractivity contribution in [1.29, 1.82) is 0 Å². The number of carboxylic acids is 1. The second-order valence-corrected chi connectivity index (χ2v) is 4.74. The SMILES string of the molecule is CC(C)[C@H](Nc1ccc(Br)cc1F)C(=O)O. The lowest BCUT2D eigenvalue weighted by atomic mass is 10.0. The maximum Gasteiger partial charge on any atom is 0.326 e. The van der Waals surface area contributed by atoms with Crippen molar-refractivity contribution in [3.8, 4) is 0 Å². The molecule has 5 heteroatoms. The van der Waals surface area contributed by atoms with Crippen LogP contribution in [0.25, 0.3) is 0 Å². The van der Waals surface area contributed by atoms with Gasteiger partial charge in [0.1, 0.15) is 11.9 Å². The van der Waals surface area contributed by atoms with Gasteiger partial charge in [0.25, 0.3) is 0 Å². The molecule has 16 heavy (non-hydrogen) atoms. The first-order valence-corrected chi connectivity index (χ1v) is 5.65. The van der Waals surface area contributed by atoms with Crippen LogP contribution in [0.2, 0.25) is 0 Å². The number of rotatable bonds is 4. The minimum Gasteiger partial charge on any atom is -0.480 e. The Hall–Kier alpha value is -1.10. The second-order valence-electron chi connectivity index (χ2n) is 3.83. The van der Waals surface area contributed by atoms with E-state index in [-0.39, 0.29) is 11.6 Å². The molecule has 1 aromatic rings. The topological polar surface area (TPSA) is 49.3 Å². The van der Waals surface area contributed by atoms with Gasteiger partial charge in [0.15, 0.2) is 0 Å². The zero-order valence-corrected chi connectivity index (χ0v) is 10.6. The van der Waals surface area contributed by atoms with Crippen molar-refractivity contribution >= 4 is 27.6 Å². The van der Waals surface area contributed by atoms with Gasteiger partial charge >= 0.3 is 5.97 Å². The van der Waals surface area contributed by atoms with Crippen molar-refractivity contribution in [1.82, 2.24) is 0 Å². The fourth-order valence-electron chi connectivity index (χ4n) is 1.29. The predicted molar refractivity (Wildman–Crippen MR) is 64.0 cm³/mol. The molecular formula is C11H13BrFNO2. The van der Waals surface area contributed by atoms with Crippen molar-refractivity contribution in [2.24, 2.45) is 5.92 Å². The lowest BCUT2D eigenvalue weighted by Gasteiger charge is -2.19. The molecule has 0 aliphatic carbocycles. The molecule has 2 N–H and O–H groups in total. The zero-order valence-electron chi connectivity index (χ0n) is 9.00. The van der Waals surface area contributed by atoms with Gasteiger partial charge in [-0.1, -0.05) is 29.8 Å². The molecule has 0 fully saturated rings. The van der Waals surface area contributed by atoms with Crippen LogP contribution in [-0.4, -0.2) is 17.1 Å². The summed E-state index contributed by atoms with van der Waals surface area (Å²) in [4.78, 5) is 10.9. The number of halogens is 2. The number of nitrogens with one attached hydrogen (secondary N) is 1. The van der Waals surface area contributed by atoms with Gasteiger partial charge in [-0.15, -0.1) is 0 Å². The summed E-state index contributed by atoms with van der Waals surface area (Å²) in [6.45, 7) is 3.53. The Labute approximate surface area is 102 Å². The van der Waals surface area contributed by atoms with E-state index in [1.54, 1.807) is 19.9 Å². The van der Waals surface area contributed by atoms with Crippen LogP contribution < -0.4 is 5.32 Å². The van der Waals surface area contributed by atoms with E-state index < -0.39 is 17.8 Å². The van der Waals surface area contributed by atoms with Gasteiger partial charge in [-0.25, -0.2) is 9.18 Å². The van der Waals surface area contributed by atoms with E-state index in [0.29, 0.717) is 4.47 Å². The number of carbonyl (C=O) groups is 1. The summed E-state index contributed by atoms with van der Waals surface area (Å²) < 4.78 is 14.1. The smallest absolute Gasteiger partial charge is 0.326 e. The van der Waals surface area contributed by atoms with Crippen LogP contribution in [0.1, 0.15) is 13.8 Å². The van der Waals surface area contributed by atoms with Crippen LogP contribution >= 0.6 is 15.9 Å². The van der Waals surface area contributed by atoms with Crippen molar-refractivity contribution in [3.63, 3.8) is 0 Å². The van der Waals surface area contributed by atoms with Gasteiger partial charge in [-0.05, 0) is 24.1 Å². The van der Waals surface area contributed by atoms with Crippen LogP contribution in [-0.2, 0) is 4.79 Å². The van der Waals surface area contributed by atoms with Crippen LogP contribution in [0.3, 0.4) is 0 Å². The van der Waals surface area contributed by atoms with Crippen molar-refractivity contribution < 1.29 is 14.3 Å². The molecule has 0 aliphatic heterocycles. The molecule has 0 unspecified atom stereocenters. The summed E-state index contributed by atoms with van der Waals surface area (Å²) in [7, 11) is 0. The highest BCUT2D eigenvalue weighted by Crippen LogP contribution is 2.21. The lowest BCUT2D eigenvalue weighted by molar-refractivity contribution is -0.138. The minimum absolute atomic E-state index is 0.124. The molecule has 0 amide bonds. The third kappa shape index (κ3) is 3.20. The molecular weight excluding hydrogens is 277 g/mol. The Balaban J connectivity index is 2.90. The van der Waals surface area contributed by atoms with Crippen molar-refractivity contribution in [2.75, 3.05) is 5.32 Å². The van der Waals surface area contributed by atoms with E-state index in [0.717, 1.165) is 0 Å². The molecule has 0 aromatic heterocycles. The van der Waals surface area contributed by atoms with E-state index in [9.17, 15) is 9.18 Å². The summed E-state index contributed by atoms with van der Waals surface area (Å²) in [5.74, 6) is -1.58. The summed E-state index contributed by atoms with van der Waals surface area (Å²) in [5.41, 5.74) is 0.198. The minimum atomic E-state index is -0.989. The third-order valence-corrected chi connectivity index (χ3v) is 2.67. The molecule has 0 aliphatic rings. The maximum absolute atomic E-state index is 13.5. The van der Waals surface area contributed by atoms with Crippen LogP contribution in [0.4, 0.5) is 10.1 Å². The molecule has 1 rings (SSSR count). The molecule has 1 atom stereocenters. The number of hydrogen-bond acceptors (Lipinski definition) is 2. The lowest BCUT2D eigenvalue weighted by Crippen LogP contribution is -2.34. The monoisotopic (exact) mass is 289 g/mol. The standard InChI is InChI=1S/C11H13BrFNO2/c1-6(2)10(11(15)16)14-9-4-3-7(12)5-8(9)13/h3-6,10,14H,1-2H3,(H,15,16)/t10-/m0/s1. The van der Waals surface area contributed by atoms with Crippen molar-refractivity contribution in [3.05, 3.63) is 28.5 Å². The largest absolute Gasteiger partial charge is 0.480 e. The van der Waals surface area contributed by atoms with Gasteiger partial charge in [-0.2, -0.15) is 0 Å². The molecule has 0 saturated heterocycles. The van der Waals surface area contributed by atoms with Gasteiger partial charge in [-0.3, -0.25) is 0 Å².